The number of rotatable bonds is 8. The van der Waals surface area contributed by atoms with Gasteiger partial charge in [0, 0.05) is 10.8 Å². The molecule has 128 valence electrons. The van der Waals surface area contributed by atoms with Gasteiger partial charge in [0.15, 0.2) is 0 Å². The quantitative estimate of drug-likeness (QED) is 0.616. The molecule has 0 aliphatic rings. The number of hydrogen-bond donors (Lipinski definition) is 3. The molecule has 0 saturated heterocycles. The maximum atomic E-state index is 10.4. The van der Waals surface area contributed by atoms with Gasteiger partial charge in [-0.2, -0.15) is 0 Å². The van der Waals surface area contributed by atoms with E-state index in [0.29, 0.717) is 12.8 Å². The number of aromatic hydroxyl groups is 1. The highest BCUT2D eigenvalue weighted by Gasteiger charge is 2.25. The first-order valence-corrected chi connectivity index (χ1v) is 8.87. The van der Waals surface area contributed by atoms with Crippen LogP contribution in [-0.4, -0.2) is 21.4 Å². The summed E-state index contributed by atoms with van der Waals surface area (Å²) in [6.45, 7) is 5.76. The van der Waals surface area contributed by atoms with Gasteiger partial charge in [-0.1, -0.05) is 35.9 Å². The fourth-order valence-electron chi connectivity index (χ4n) is 2.68. The van der Waals surface area contributed by atoms with Gasteiger partial charge in [0.25, 0.3) is 0 Å². The first kappa shape index (κ1) is 18.5. The van der Waals surface area contributed by atoms with Crippen molar-refractivity contribution in [3.8, 4) is 5.75 Å². The maximum absolute atomic E-state index is 10.4. The van der Waals surface area contributed by atoms with Gasteiger partial charge < -0.3 is 15.3 Å². The molecule has 0 amide bonds. The number of aliphatic hydroxyl groups is 2. The molecule has 3 atom stereocenters. The van der Waals surface area contributed by atoms with Gasteiger partial charge >= 0.3 is 0 Å². The SMILES string of the molecule is C=C[C@H]([C@H](O)CC/C(C)=C/c1cccc(O)c1)[C@H](O)c1cccs1. The summed E-state index contributed by atoms with van der Waals surface area (Å²) < 4.78 is 0. The number of aliphatic hydroxyl groups excluding tert-OH is 2. The van der Waals surface area contributed by atoms with Crippen molar-refractivity contribution >= 4 is 17.4 Å². The van der Waals surface area contributed by atoms with E-state index in [-0.39, 0.29) is 5.75 Å². The van der Waals surface area contributed by atoms with Crippen molar-refractivity contribution in [3.05, 3.63) is 70.4 Å². The standard InChI is InChI=1S/C20H24O3S/c1-3-17(20(23)19-8-5-11-24-19)18(22)10-9-14(2)12-15-6-4-7-16(21)13-15/h3-8,11-13,17-18,20-23H,1,9-10H2,2H3/b14-12+/t17-,18-,20+/m1/s1. The highest BCUT2D eigenvalue weighted by Crippen LogP contribution is 2.31. The molecular weight excluding hydrogens is 320 g/mol. The van der Waals surface area contributed by atoms with Crippen LogP contribution in [0.25, 0.3) is 6.08 Å². The Kier molecular flexibility index (Phi) is 6.79. The normalized spacial score (nSPS) is 15.7. The highest BCUT2D eigenvalue weighted by molar-refractivity contribution is 7.10. The Bertz CT molecular complexity index is 676. The predicted octanol–water partition coefficient (Wildman–Crippen LogP) is 4.53. The van der Waals surface area contributed by atoms with Gasteiger partial charge in [-0.15, -0.1) is 17.9 Å². The van der Waals surface area contributed by atoms with E-state index in [2.05, 4.69) is 6.58 Å². The third-order valence-corrected chi connectivity index (χ3v) is 4.98. The summed E-state index contributed by atoms with van der Waals surface area (Å²) in [5.41, 5.74) is 2.04. The Labute approximate surface area is 147 Å². The molecule has 3 nitrogen and oxygen atoms in total. The first-order chi connectivity index (χ1) is 11.5. The highest BCUT2D eigenvalue weighted by atomic mass is 32.1. The van der Waals surface area contributed by atoms with Gasteiger partial charge in [0.2, 0.25) is 0 Å². The van der Waals surface area contributed by atoms with Crippen LogP contribution in [0, 0.1) is 5.92 Å². The first-order valence-electron chi connectivity index (χ1n) is 7.99. The minimum atomic E-state index is -0.729. The number of benzene rings is 1. The maximum Gasteiger partial charge on any atom is 0.116 e. The van der Waals surface area contributed by atoms with Crippen molar-refractivity contribution in [2.45, 2.75) is 32.0 Å². The third-order valence-electron chi connectivity index (χ3n) is 4.03. The van der Waals surface area contributed by atoms with Crippen LogP contribution in [-0.2, 0) is 0 Å². The Hall–Kier alpha value is -1.88. The fraction of sp³-hybridized carbons (Fsp3) is 0.300. The molecule has 2 rings (SSSR count). The summed E-state index contributed by atoms with van der Waals surface area (Å²) >= 11 is 1.48. The summed E-state index contributed by atoms with van der Waals surface area (Å²) in [6, 6.07) is 10.8. The zero-order valence-electron chi connectivity index (χ0n) is 13.8. The topological polar surface area (TPSA) is 60.7 Å². The van der Waals surface area contributed by atoms with E-state index in [1.165, 1.54) is 11.3 Å². The van der Waals surface area contributed by atoms with Crippen LogP contribution in [0.4, 0.5) is 0 Å². The second-order valence-electron chi connectivity index (χ2n) is 5.97. The Morgan fingerprint density at radius 1 is 1.25 bits per heavy atom. The van der Waals surface area contributed by atoms with E-state index in [0.717, 1.165) is 16.0 Å². The number of phenolic OH excluding ortho intramolecular Hbond substituents is 1. The van der Waals surface area contributed by atoms with Crippen LogP contribution < -0.4 is 0 Å². The Balaban J connectivity index is 1.95. The Morgan fingerprint density at radius 3 is 2.67 bits per heavy atom. The van der Waals surface area contributed by atoms with Crippen molar-refractivity contribution in [2.75, 3.05) is 0 Å². The molecule has 1 aromatic carbocycles. The lowest BCUT2D eigenvalue weighted by Gasteiger charge is -2.24. The summed E-state index contributed by atoms with van der Waals surface area (Å²) in [7, 11) is 0. The molecule has 0 fully saturated rings. The zero-order valence-corrected chi connectivity index (χ0v) is 14.6. The molecule has 0 unspecified atom stereocenters. The third kappa shape index (κ3) is 5.06. The van der Waals surface area contributed by atoms with E-state index in [1.807, 2.05) is 36.6 Å². The lowest BCUT2D eigenvalue weighted by Crippen LogP contribution is -2.24. The van der Waals surface area contributed by atoms with E-state index in [9.17, 15) is 15.3 Å². The van der Waals surface area contributed by atoms with Gasteiger partial charge in [-0.3, -0.25) is 0 Å². The van der Waals surface area contributed by atoms with Crippen molar-refractivity contribution in [1.29, 1.82) is 0 Å². The van der Waals surface area contributed by atoms with E-state index in [4.69, 9.17) is 0 Å². The summed E-state index contributed by atoms with van der Waals surface area (Å²) in [4.78, 5) is 0.839. The van der Waals surface area contributed by atoms with Crippen LogP contribution in [0.15, 0.2) is 60.0 Å². The van der Waals surface area contributed by atoms with E-state index >= 15 is 0 Å². The van der Waals surface area contributed by atoms with Crippen molar-refractivity contribution in [2.24, 2.45) is 5.92 Å². The second-order valence-corrected chi connectivity index (χ2v) is 6.94. The van der Waals surface area contributed by atoms with Gasteiger partial charge in [0.05, 0.1) is 12.2 Å². The minimum absolute atomic E-state index is 0.238. The molecule has 0 saturated carbocycles. The fourth-order valence-corrected chi connectivity index (χ4v) is 3.45. The Morgan fingerprint density at radius 2 is 2.04 bits per heavy atom. The van der Waals surface area contributed by atoms with Crippen LogP contribution in [0.1, 0.15) is 36.3 Å². The number of thiophene rings is 1. The van der Waals surface area contributed by atoms with Crippen LogP contribution in [0.5, 0.6) is 5.75 Å². The largest absolute Gasteiger partial charge is 0.508 e. The molecular formula is C20H24O3S. The van der Waals surface area contributed by atoms with E-state index < -0.39 is 18.1 Å². The predicted molar refractivity (Wildman–Crippen MR) is 100.0 cm³/mol. The second kappa shape index (κ2) is 8.83. The molecule has 0 aliphatic carbocycles. The average molecular weight is 344 g/mol. The van der Waals surface area contributed by atoms with Crippen molar-refractivity contribution in [1.82, 2.24) is 0 Å². The monoisotopic (exact) mass is 344 g/mol. The average Bonchev–Trinajstić information content (AvgIpc) is 3.08. The van der Waals surface area contributed by atoms with Crippen molar-refractivity contribution in [3.63, 3.8) is 0 Å². The molecule has 0 radical (unpaired) electrons. The number of hydrogen-bond acceptors (Lipinski definition) is 4. The lowest BCUT2D eigenvalue weighted by molar-refractivity contribution is 0.0337. The molecule has 0 bridgehead atoms. The number of phenols is 1. The van der Waals surface area contributed by atoms with Crippen LogP contribution in [0.3, 0.4) is 0 Å². The smallest absolute Gasteiger partial charge is 0.116 e. The molecule has 0 aliphatic heterocycles. The van der Waals surface area contributed by atoms with Crippen molar-refractivity contribution < 1.29 is 15.3 Å². The van der Waals surface area contributed by atoms with Crippen LogP contribution >= 0.6 is 11.3 Å². The zero-order chi connectivity index (χ0) is 17.5. The van der Waals surface area contributed by atoms with Crippen LogP contribution in [0.2, 0.25) is 0 Å². The molecule has 1 aromatic heterocycles. The molecule has 0 spiro atoms. The number of allylic oxidation sites excluding steroid dienone is 1. The summed E-state index contributed by atoms with van der Waals surface area (Å²) in [5, 5.41) is 32.3. The molecule has 3 N–H and O–H groups in total. The minimum Gasteiger partial charge on any atom is -0.508 e. The molecule has 1 heterocycles. The summed E-state index contributed by atoms with van der Waals surface area (Å²) in [6.07, 6.45) is 3.48. The molecule has 2 aromatic rings. The summed E-state index contributed by atoms with van der Waals surface area (Å²) in [5.74, 6) is -0.153. The van der Waals surface area contributed by atoms with Gasteiger partial charge in [-0.05, 0) is 48.9 Å². The lowest BCUT2D eigenvalue weighted by atomic mass is 9.91. The van der Waals surface area contributed by atoms with Gasteiger partial charge in [-0.25, -0.2) is 0 Å². The molecule has 24 heavy (non-hydrogen) atoms. The van der Waals surface area contributed by atoms with Gasteiger partial charge in [0.1, 0.15) is 5.75 Å². The van der Waals surface area contributed by atoms with E-state index in [1.54, 1.807) is 24.3 Å². The molecule has 4 heteroatoms.